The van der Waals surface area contributed by atoms with Crippen LogP contribution in [-0.2, 0) is 4.74 Å². The van der Waals surface area contributed by atoms with Gasteiger partial charge < -0.3 is 35.5 Å². The zero-order chi connectivity index (χ0) is 25.3. The molecule has 0 spiro atoms. The van der Waals surface area contributed by atoms with Crippen LogP contribution in [0.5, 0.6) is 0 Å². The molecule has 2 aromatic carbocycles. The molecule has 2 rings (SSSR count). The van der Waals surface area contributed by atoms with Gasteiger partial charge in [-0.05, 0) is 68.8 Å². The third-order valence-corrected chi connectivity index (χ3v) is 5.36. The Morgan fingerprint density at radius 2 is 1.35 bits per heavy atom. The Bertz CT molecular complexity index is 935. The van der Waals surface area contributed by atoms with Crippen molar-refractivity contribution in [3.05, 3.63) is 59.7 Å². The largest absolute Gasteiger partial charge is 0.488 e. The lowest BCUT2D eigenvalue weighted by molar-refractivity contribution is 0.0465. The molecule has 6 N–H and O–H groups in total. The third kappa shape index (κ3) is 8.92. The molecule has 2 aromatic rings. The summed E-state index contributed by atoms with van der Waals surface area (Å²) in [4.78, 5) is 24.7. The van der Waals surface area contributed by atoms with Crippen molar-refractivity contribution < 1.29 is 34.4 Å². The first-order chi connectivity index (χ1) is 16.0. The molecule has 0 fully saturated rings. The van der Waals surface area contributed by atoms with Crippen molar-refractivity contribution in [3.63, 3.8) is 0 Å². The highest BCUT2D eigenvalue weighted by molar-refractivity contribution is 6.58. The summed E-state index contributed by atoms with van der Waals surface area (Å²) in [6, 6.07) is 12.1. The van der Waals surface area contributed by atoms with E-state index in [0.29, 0.717) is 48.0 Å². The Labute approximate surface area is 200 Å². The maximum Gasteiger partial charge on any atom is 0.488 e. The molecule has 1 unspecified atom stereocenters. The van der Waals surface area contributed by atoms with E-state index < -0.39 is 19.8 Å². The second kappa shape index (κ2) is 12.7. The average Bonchev–Trinajstić information content (AvgIpc) is 2.78. The van der Waals surface area contributed by atoms with E-state index in [1.54, 1.807) is 0 Å². The average molecular weight is 470 g/mol. The fourth-order valence-corrected chi connectivity index (χ4v) is 3.14. The number of carbonyl (C=O) groups is 2. The van der Waals surface area contributed by atoms with Gasteiger partial charge in [0.05, 0.1) is 6.10 Å². The Kier molecular flexibility index (Phi) is 10.3. The normalized spacial score (nSPS) is 12.1. The van der Waals surface area contributed by atoms with Gasteiger partial charge in [0.25, 0.3) is 11.8 Å². The first-order valence-electron chi connectivity index (χ1n) is 11.1. The van der Waals surface area contributed by atoms with E-state index >= 15 is 0 Å². The number of hydrogen-bond acceptors (Lipinski definition) is 7. The van der Waals surface area contributed by atoms with Gasteiger partial charge in [-0.1, -0.05) is 24.3 Å². The molecule has 1 atom stereocenters. The Hall–Kier alpha value is -2.69. The molecule has 0 aliphatic rings. The first kappa shape index (κ1) is 27.6. The van der Waals surface area contributed by atoms with Crippen LogP contribution in [0.4, 0.5) is 0 Å². The van der Waals surface area contributed by atoms with Crippen LogP contribution >= 0.6 is 0 Å². The number of amides is 2. The smallest absolute Gasteiger partial charge is 0.423 e. The fourth-order valence-electron chi connectivity index (χ4n) is 3.14. The van der Waals surface area contributed by atoms with E-state index in [2.05, 4.69) is 10.6 Å². The SMILES string of the molecule is CC(CCNC(=O)c1ccc(B(O)O)cc1)OCCC(C)(C)NC(=O)c1ccc(B(O)O)cc1. The minimum Gasteiger partial charge on any atom is -0.423 e. The van der Waals surface area contributed by atoms with Crippen molar-refractivity contribution in [1.29, 1.82) is 0 Å². The van der Waals surface area contributed by atoms with Crippen LogP contribution in [0.25, 0.3) is 0 Å². The van der Waals surface area contributed by atoms with Crippen molar-refractivity contribution in [1.82, 2.24) is 10.6 Å². The van der Waals surface area contributed by atoms with Crippen molar-refractivity contribution >= 4 is 37.0 Å². The maximum absolute atomic E-state index is 12.5. The molecular formula is C23H32B2N2O7. The van der Waals surface area contributed by atoms with Crippen molar-refractivity contribution in [2.24, 2.45) is 0 Å². The predicted octanol–water partition coefficient (Wildman–Crippen LogP) is -0.830. The molecule has 2 amide bonds. The van der Waals surface area contributed by atoms with Gasteiger partial charge in [0.2, 0.25) is 0 Å². The van der Waals surface area contributed by atoms with Gasteiger partial charge in [-0.2, -0.15) is 0 Å². The fraction of sp³-hybridized carbons (Fsp3) is 0.391. The predicted molar refractivity (Wildman–Crippen MR) is 131 cm³/mol. The quantitative estimate of drug-likeness (QED) is 0.222. The summed E-state index contributed by atoms with van der Waals surface area (Å²) in [6.07, 6.45) is 1.08. The molecular weight excluding hydrogens is 438 g/mol. The van der Waals surface area contributed by atoms with Gasteiger partial charge in [0.1, 0.15) is 0 Å². The molecule has 0 saturated heterocycles. The molecule has 0 aromatic heterocycles. The molecule has 11 heteroatoms. The number of benzene rings is 2. The van der Waals surface area contributed by atoms with Gasteiger partial charge >= 0.3 is 14.2 Å². The summed E-state index contributed by atoms with van der Waals surface area (Å²) in [5.41, 5.74) is 0.961. The number of rotatable bonds is 12. The summed E-state index contributed by atoms with van der Waals surface area (Å²) in [5.74, 6) is -0.516. The third-order valence-electron chi connectivity index (χ3n) is 5.36. The van der Waals surface area contributed by atoms with Crippen LogP contribution in [-0.4, -0.2) is 70.9 Å². The van der Waals surface area contributed by atoms with Crippen molar-refractivity contribution in [2.75, 3.05) is 13.2 Å². The van der Waals surface area contributed by atoms with Crippen LogP contribution in [0.15, 0.2) is 48.5 Å². The molecule has 0 bridgehead atoms. The molecule has 0 aliphatic heterocycles. The van der Waals surface area contributed by atoms with Crippen LogP contribution in [0.2, 0.25) is 0 Å². The minimum absolute atomic E-state index is 0.101. The van der Waals surface area contributed by atoms with Crippen molar-refractivity contribution in [3.8, 4) is 0 Å². The molecule has 0 saturated carbocycles. The summed E-state index contributed by atoms with van der Waals surface area (Å²) >= 11 is 0. The Morgan fingerprint density at radius 3 is 1.82 bits per heavy atom. The Morgan fingerprint density at radius 1 is 0.882 bits per heavy atom. The molecule has 0 radical (unpaired) electrons. The standard InChI is InChI=1S/C23H32B2N2O7/c1-16(12-14-26-21(28)17-4-8-19(9-5-17)24(30)31)34-15-13-23(2,3)27-22(29)18-6-10-20(11-7-18)25(32)33/h4-11,16,30-33H,12-15H2,1-3H3,(H,26,28)(H,27,29). The number of carbonyl (C=O) groups excluding carboxylic acids is 2. The van der Waals surface area contributed by atoms with Gasteiger partial charge in [-0.15, -0.1) is 0 Å². The van der Waals surface area contributed by atoms with Crippen molar-refractivity contribution in [2.45, 2.75) is 45.3 Å². The van der Waals surface area contributed by atoms with E-state index in [9.17, 15) is 9.59 Å². The maximum atomic E-state index is 12.5. The van der Waals surface area contributed by atoms with E-state index in [1.807, 2.05) is 20.8 Å². The second-order valence-corrected chi connectivity index (χ2v) is 8.81. The Balaban J connectivity index is 1.69. The summed E-state index contributed by atoms with van der Waals surface area (Å²) < 4.78 is 5.82. The molecule has 9 nitrogen and oxygen atoms in total. The molecule has 182 valence electrons. The van der Waals surface area contributed by atoms with Gasteiger partial charge in [-0.3, -0.25) is 9.59 Å². The molecule has 34 heavy (non-hydrogen) atoms. The highest BCUT2D eigenvalue weighted by Gasteiger charge is 2.22. The summed E-state index contributed by atoms with van der Waals surface area (Å²) in [6.45, 7) is 6.54. The number of hydrogen-bond donors (Lipinski definition) is 6. The zero-order valence-electron chi connectivity index (χ0n) is 19.7. The van der Waals surface area contributed by atoms with Gasteiger partial charge in [0, 0.05) is 29.8 Å². The molecule has 0 aliphatic carbocycles. The van der Waals surface area contributed by atoms with E-state index in [0.717, 1.165) is 0 Å². The second-order valence-electron chi connectivity index (χ2n) is 8.81. The monoisotopic (exact) mass is 470 g/mol. The van der Waals surface area contributed by atoms with E-state index in [-0.39, 0.29) is 17.9 Å². The minimum atomic E-state index is -1.57. The lowest BCUT2D eigenvalue weighted by atomic mass is 9.80. The van der Waals surface area contributed by atoms with Crippen LogP contribution in [0.1, 0.15) is 54.3 Å². The van der Waals surface area contributed by atoms with Crippen LogP contribution < -0.4 is 21.6 Å². The lowest BCUT2D eigenvalue weighted by Gasteiger charge is -2.27. The highest BCUT2D eigenvalue weighted by atomic mass is 16.5. The van der Waals surface area contributed by atoms with Gasteiger partial charge in [-0.25, -0.2) is 0 Å². The number of ether oxygens (including phenoxy) is 1. The van der Waals surface area contributed by atoms with Crippen LogP contribution in [0.3, 0.4) is 0 Å². The zero-order valence-corrected chi connectivity index (χ0v) is 19.7. The number of nitrogens with one attached hydrogen (secondary N) is 2. The summed E-state index contributed by atoms with van der Waals surface area (Å²) in [7, 11) is -3.14. The topological polar surface area (TPSA) is 148 Å². The summed E-state index contributed by atoms with van der Waals surface area (Å²) in [5, 5.41) is 42.3. The molecule has 0 heterocycles. The first-order valence-corrected chi connectivity index (χ1v) is 11.1. The lowest BCUT2D eigenvalue weighted by Crippen LogP contribution is -2.44. The highest BCUT2D eigenvalue weighted by Crippen LogP contribution is 2.12. The van der Waals surface area contributed by atoms with Crippen LogP contribution in [0, 0.1) is 0 Å². The van der Waals surface area contributed by atoms with E-state index in [1.165, 1.54) is 48.5 Å². The van der Waals surface area contributed by atoms with Gasteiger partial charge in [0.15, 0.2) is 0 Å². The van der Waals surface area contributed by atoms with E-state index in [4.69, 9.17) is 24.8 Å².